The van der Waals surface area contributed by atoms with Crippen molar-refractivity contribution in [2.75, 3.05) is 26.8 Å². The van der Waals surface area contributed by atoms with Crippen molar-refractivity contribution < 1.29 is 19.1 Å². The summed E-state index contributed by atoms with van der Waals surface area (Å²) in [5.74, 6) is 0.113. The molecule has 0 saturated carbocycles. The van der Waals surface area contributed by atoms with Crippen LogP contribution in [0.2, 0.25) is 5.02 Å². The third-order valence-electron chi connectivity index (χ3n) is 4.36. The van der Waals surface area contributed by atoms with E-state index in [1.165, 1.54) is 11.3 Å². The fourth-order valence-electron chi connectivity index (χ4n) is 3.07. The van der Waals surface area contributed by atoms with Gasteiger partial charge in [0.05, 0.1) is 24.7 Å². The van der Waals surface area contributed by atoms with Crippen LogP contribution >= 0.6 is 22.9 Å². The van der Waals surface area contributed by atoms with Crippen molar-refractivity contribution in [2.45, 2.75) is 19.8 Å². The van der Waals surface area contributed by atoms with E-state index in [4.69, 9.17) is 21.1 Å². The molecule has 0 spiro atoms. The van der Waals surface area contributed by atoms with Crippen molar-refractivity contribution >= 4 is 44.9 Å². The van der Waals surface area contributed by atoms with Crippen molar-refractivity contribution in [3.8, 4) is 5.75 Å². The summed E-state index contributed by atoms with van der Waals surface area (Å²) in [5.41, 5.74) is 0. The molecule has 5 nitrogen and oxygen atoms in total. The average molecular weight is 382 g/mol. The number of piperidine rings is 1. The van der Waals surface area contributed by atoms with E-state index in [0.29, 0.717) is 29.6 Å². The van der Waals surface area contributed by atoms with E-state index in [9.17, 15) is 9.59 Å². The number of benzene rings is 1. The highest BCUT2D eigenvalue weighted by atomic mass is 35.5. The maximum atomic E-state index is 12.9. The van der Waals surface area contributed by atoms with Crippen LogP contribution in [-0.4, -0.2) is 43.6 Å². The van der Waals surface area contributed by atoms with Gasteiger partial charge in [0.25, 0.3) is 5.91 Å². The molecule has 2 heterocycles. The summed E-state index contributed by atoms with van der Waals surface area (Å²) < 4.78 is 11.2. The van der Waals surface area contributed by atoms with E-state index in [0.717, 1.165) is 28.7 Å². The minimum atomic E-state index is -0.258. The van der Waals surface area contributed by atoms with Gasteiger partial charge in [-0.25, -0.2) is 0 Å². The molecule has 0 radical (unpaired) electrons. The molecule has 1 fully saturated rings. The number of hydrogen-bond acceptors (Lipinski definition) is 5. The van der Waals surface area contributed by atoms with Gasteiger partial charge in [-0.15, -0.1) is 11.3 Å². The van der Waals surface area contributed by atoms with Crippen molar-refractivity contribution in [3.05, 3.63) is 28.1 Å². The first-order valence-electron chi connectivity index (χ1n) is 8.27. The number of carbonyl (C=O) groups is 2. The van der Waals surface area contributed by atoms with E-state index >= 15 is 0 Å². The molecular formula is C18H20ClNO4S. The summed E-state index contributed by atoms with van der Waals surface area (Å²) in [6, 6.07) is 5.56. The highest BCUT2D eigenvalue weighted by Crippen LogP contribution is 2.38. The lowest BCUT2D eigenvalue weighted by molar-refractivity contribution is -0.149. The third-order valence-corrected chi connectivity index (χ3v) is 6.00. The molecule has 0 aliphatic carbocycles. The van der Waals surface area contributed by atoms with Gasteiger partial charge in [0, 0.05) is 23.2 Å². The van der Waals surface area contributed by atoms with Gasteiger partial charge >= 0.3 is 5.97 Å². The van der Waals surface area contributed by atoms with Crippen LogP contribution in [0.1, 0.15) is 29.4 Å². The highest BCUT2D eigenvalue weighted by Gasteiger charge is 2.31. The van der Waals surface area contributed by atoms with Gasteiger partial charge in [-0.05, 0) is 38.0 Å². The Hall–Kier alpha value is -1.79. The van der Waals surface area contributed by atoms with E-state index in [-0.39, 0.29) is 17.8 Å². The Balaban J connectivity index is 1.83. The van der Waals surface area contributed by atoms with Crippen LogP contribution in [0, 0.1) is 5.92 Å². The second kappa shape index (κ2) is 7.62. The largest absolute Gasteiger partial charge is 0.497 e. The van der Waals surface area contributed by atoms with Crippen LogP contribution < -0.4 is 4.74 Å². The Morgan fingerprint density at radius 1 is 1.40 bits per heavy atom. The summed E-state index contributed by atoms with van der Waals surface area (Å²) in [4.78, 5) is 27.1. The van der Waals surface area contributed by atoms with Crippen LogP contribution in [0.15, 0.2) is 18.2 Å². The SMILES string of the molecule is CCOC(=O)[C@H]1CCCN(C(=O)c2sc3cc(OC)ccc3c2Cl)C1. The number of hydrogen-bond donors (Lipinski definition) is 0. The second-order valence-corrected chi connectivity index (χ2v) is 7.38. The number of rotatable bonds is 4. The van der Waals surface area contributed by atoms with Gasteiger partial charge in [0.2, 0.25) is 0 Å². The Labute approximate surface area is 155 Å². The minimum Gasteiger partial charge on any atom is -0.497 e. The normalized spacial score (nSPS) is 17.6. The lowest BCUT2D eigenvalue weighted by Crippen LogP contribution is -2.42. The van der Waals surface area contributed by atoms with Gasteiger partial charge < -0.3 is 14.4 Å². The quantitative estimate of drug-likeness (QED) is 0.752. The standard InChI is InChI=1S/C18H20ClNO4S/c1-3-24-18(22)11-5-4-8-20(10-11)17(21)16-15(19)13-7-6-12(23-2)9-14(13)25-16/h6-7,9,11H,3-5,8,10H2,1-2H3/t11-/m0/s1. The maximum absolute atomic E-state index is 12.9. The van der Waals surface area contributed by atoms with E-state index in [1.807, 2.05) is 18.2 Å². The second-order valence-electron chi connectivity index (χ2n) is 5.95. The Morgan fingerprint density at radius 2 is 2.20 bits per heavy atom. The summed E-state index contributed by atoms with van der Waals surface area (Å²) in [6.07, 6.45) is 1.53. The van der Waals surface area contributed by atoms with Crippen LogP contribution in [-0.2, 0) is 9.53 Å². The molecular weight excluding hydrogens is 362 g/mol. The number of thiophene rings is 1. The number of nitrogens with zero attached hydrogens (tertiary/aromatic N) is 1. The van der Waals surface area contributed by atoms with Crippen LogP contribution in [0.4, 0.5) is 0 Å². The number of fused-ring (bicyclic) bond motifs is 1. The van der Waals surface area contributed by atoms with Crippen molar-refractivity contribution in [1.82, 2.24) is 4.90 Å². The lowest BCUT2D eigenvalue weighted by atomic mass is 9.98. The van der Waals surface area contributed by atoms with E-state index in [2.05, 4.69) is 0 Å². The van der Waals surface area contributed by atoms with E-state index in [1.54, 1.807) is 18.9 Å². The molecule has 25 heavy (non-hydrogen) atoms. The third kappa shape index (κ3) is 3.60. The fourth-order valence-corrected chi connectivity index (χ4v) is 4.58. The number of carbonyl (C=O) groups excluding carboxylic acids is 2. The summed E-state index contributed by atoms with van der Waals surface area (Å²) in [6.45, 7) is 3.15. The molecule has 1 aliphatic heterocycles. The number of methoxy groups -OCH3 is 1. The van der Waals surface area contributed by atoms with Crippen molar-refractivity contribution in [1.29, 1.82) is 0 Å². The molecule has 1 amide bonds. The molecule has 2 aromatic rings. The maximum Gasteiger partial charge on any atom is 0.310 e. The molecule has 134 valence electrons. The molecule has 1 aromatic carbocycles. The Morgan fingerprint density at radius 3 is 2.92 bits per heavy atom. The highest BCUT2D eigenvalue weighted by molar-refractivity contribution is 7.21. The Kier molecular flexibility index (Phi) is 5.49. The van der Waals surface area contributed by atoms with Crippen molar-refractivity contribution in [3.63, 3.8) is 0 Å². The summed E-state index contributed by atoms with van der Waals surface area (Å²) >= 11 is 7.80. The van der Waals surface area contributed by atoms with Crippen LogP contribution in [0.25, 0.3) is 10.1 Å². The summed E-state index contributed by atoms with van der Waals surface area (Å²) in [7, 11) is 1.60. The first kappa shape index (κ1) is 18.0. The topological polar surface area (TPSA) is 55.8 Å². The average Bonchev–Trinajstić information content (AvgIpc) is 2.97. The molecule has 0 bridgehead atoms. The molecule has 1 saturated heterocycles. The van der Waals surface area contributed by atoms with Gasteiger partial charge in [0.15, 0.2) is 0 Å². The summed E-state index contributed by atoms with van der Waals surface area (Å²) in [5, 5.41) is 1.31. The van der Waals surface area contributed by atoms with Crippen LogP contribution in [0.5, 0.6) is 5.75 Å². The number of likely N-dealkylation sites (tertiary alicyclic amines) is 1. The number of ether oxygens (including phenoxy) is 2. The molecule has 1 aromatic heterocycles. The zero-order valence-electron chi connectivity index (χ0n) is 14.2. The van der Waals surface area contributed by atoms with Gasteiger partial charge in [-0.3, -0.25) is 9.59 Å². The monoisotopic (exact) mass is 381 g/mol. The molecule has 0 N–H and O–H groups in total. The zero-order chi connectivity index (χ0) is 18.0. The lowest BCUT2D eigenvalue weighted by Gasteiger charge is -2.31. The smallest absolute Gasteiger partial charge is 0.310 e. The molecule has 1 atom stereocenters. The molecule has 1 aliphatic rings. The predicted octanol–water partition coefficient (Wildman–Crippen LogP) is 3.98. The molecule has 0 unspecified atom stereocenters. The van der Waals surface area contributed by atoms with Crippen LogP contribution in [0.3, 0.4) is 0 Å². The Bertz CT molecular complexity index is 804. The minimum absolute atomic E-state index is 0.126. The number of halogens is 1. The first-order chi connectivity index (χ1) is 12.0. The zero-order valence-corrected chi connectivity index (χ0v) is 15.8. The molecule has 7 heteroatoms. The first-order valence-corrected chi connectivity index (χ1v) is 9.46. The van der Waals surface area contributed by atoms with Gasteiger partial charge in [0.1, 0.15) is 10.6 Å². The van der Waals surface area contributed by atoms with Crippen molar-refractivity contribution in [2.24, 2.45) is 5.92 Å². The predicted molar refractivity (Wildman–Crippen MR) is 98.6 cm³/mol. The van der Waals surface area contributed by atoms with Gasteiger partial charge in [-0.1, -0.05) is 11.6 Å². The fraction of sp³-hybridized carbons (Fsp3) is 0.444. The number of amides is 1. The van der Waals surface area contributed by atoms with E-state index < -0.39 is 0 Å². The number of esters is 1. The van der Waals surface area contributed by atoms with Gasteiger partial charge in [-0.2, -0.15) is 0 Å². The molecule has 3 rings (SSSR count).